The molecule has 150 valence electrons. The van der Waals surface area contributed by atoms with Crippen LogP contribution in [0.4, 0.5) is 5.69 Å². The zero-order valence-corrected chi connectivity index (χ0v) is 17.1. The van der Waals surface area contributed by atoms with Crippen LogP contribution < -0.4 is 19.5 Å². The molecule has 7 heteroatoms. The number of methoxy groups -OCH3 is 1. The molecule has 0 atom stereocenters. The Hall–Kier alpha value is -3.19. The fraction of sp³-hybridized carbons (Fsp3) is 0.227. The summed E-state index contributed by atoms with van der Waals surface area (Å²) < 4.78 is 21.9. The predicted molar refractivity (Wildman–Crippen MR) is 114 cm³/mol. The summed E-state index contributed by atoms with van der Waals surface area (Å²) in [6, 6.07) is 15.7. The van der Waals surface area contributed by atoms with Crippen LogP contribution in [0.3, 0.4) is 0 Å². The Balaban J connectivity index is 1.55. The standard InChI is InChI=1S/C22H22N2O4S/c1-15-5-7-18(20(10-15)25-2)23-22(29)24(13-17-4-3-9-26-17)12-16-6-8-19-21(11-16)28-14-27-19/h3-11H,12-14H2,1-2H3,(H,23,29). The van der Waals surface area contributed by atoms with Crippen LogP contribution >= 0.6 is 12.2 Å². The SMILES string of the molecule is COc1cc(C)ccc1NC(=S)N(Cc1ccc2c(c1)OCO2)Cc1ccco1. The van der Waals surface area contributed by atoms with Crippen LogP contribution in [0.2, 0.25) is 0 Å². The summed E-state index contributed by atoms with van der Waals surface area (Å²) in [6.45, 7) is 3.38. The summed E-state index contributed by atoms with van der Waals surface area (Å²) in [5.41, 5.74) is 2.99. The molecule has 0 amide bonds. The van der Waals surface area contributed by atoms with Gasteiger partial charge in [-0.25, -0.2) is 0 Å². The van der Waals surface area contributed by atoms with Gasteiger partial charge in [0.1, 0.15) is 11.5 Å². The van der Waals surface area contributed by atoms with E-state index in [-0.39, 0.29) is 6.79 Å². The van der Waals surface area contributed by atoms with Crippen molar-refractivity contribution < 1.29 is 18.6 Å². The molecule has 1 aliphatic heterocycles. The first-order valence-electron chi connectivity index (χ1n) is 9.24. The summed E-state index contributed by atoms with van der Waals surface area (Å²) >= 11 is 5.73. The Labute approximate surface area is 175 Å². The summed E-state index contributed by atoms with van der Waals surface area (Å²) in [4.78, 5) is 2.03. The number of hydrogen-bond donors (Lipinski definition) is 1. The minimum atomic E-state index is 0.252. The van der Waals surface area contributed by atoms with Crippen molar-refractivity contribution in [3.8, 4) is 17.2 Å². The maximum absolute atomic E-state index is 5.73. The fourth-order valence-electron chi connectivity index (χ4n) is 3.15. The lowest BCUT2D eigenvalue weighted by atomic mass is 10.2. The van der Waals surface area contributed by atoms with Crippen LogP contribution in [0, 0.1) is 6.92 Å². The first kappa shape index (κ1) is 19.1. The fourth-order valence-corrected chi connectivity index (χ4v) is 3.38. The average molecular weight is 410 g/mol. The van der Waals surface area contributed by atoms with E-state index in [0.717, 1.165) is 39.8 Å². The predicted octanol–water partition coefficient (Wildman–Crippen LogP) is 4.72. The van der Waals surface area contributed by atoms with Crippen LogP contribution in [-0.2, 0) is 13.1 Å². The number of benzene rings is 2. The van der Waals surface area contributed by atoms with Gasteiger partial charge in [-0.3, -0.25) is 0 Å². The maximum atomic E-state index is 5.73. The number of nitrogens with zero attached hydrogens (tertiary/aromatic N) is 1. The molecule has 1 aliphatic rings. The molecule has 3 aromatic rings. The third-order valence-electron chi connectivity index (χ3n) is 4.62. The number of ether oxygens (including phenoxy) is 3. The van der Waals surface area contributed by atoms with Crippen molar-refractivity contribution >= 4 is 23.0 Å². The molecule has 0 bridgehead atoms. The number of furan rings is 1. The summed E-state index contributed by atoms with van der Waals surface area (Å²) in [5.74, 6) is 3.08. The van der Waals surface area contributed by atoms with Crippen LogP contribution in [0.25, 0.3) is 0 Å². The number of rotatable bonds is 6. The quantitative estimate of drug-likeness (QED) is 0.590. The average Bonchev–Trinajstić information content (AvgIpc) is 3.40. The van der Waals surface area contributed by atoms with E-state index in [4.69, 9.17) is 30.8 Å². The highest BCUT2D eigenvalue weighted by atomic mass is 32.1. The Bertz CT molecular complexity index is 1000. The molecule has 4 rings (SSSR count). The smallest absolute Gasteiger partial charge is 0.231 e. The van der Waals surface area contributed by atoms with Gasteiger partial charge in [0.15, 0.2) is 16.6 Å². The minimum absolute atomic E-state index is 0.252. The summed E-state index contributed by atoms with van der Waals surface area (Å²) in [5, 5.41) is 3.88. The Morgan fingerprint density at radius 1 is 1.10 bits per heavy atom. The van der Waals surface area contributed by atoms with Gasteiger partial charge in [-0.2, -0.15) is 0 Å². The van der Waals surface area contributed by atoms with E-state index in [1.54, 1.807) is 13.4 Å². The van der Waals surface area contributed by atoms with Crippen molar-refractivity contribution in [3.63, 3.8) is 0 Å². The van der Waals surface area contributed by atoms with Crippen LogP contribution in [0.1, 0.15) is 16.9 Å². The van der Waals surface area contributed by atoms with Crippen LogP contribution in [0.5, 0.6) is 17.2 Å². The molecule has 0 aliphatic carbocycles. The van der Waals surface area contributed by atoms with Gasteiger partial charge in [0, 0.05) is 6.54 Å². The van der Waals surface area contributed by atoms with Crippen molar-refractivity contribution in [1.82, 2.24) is 4.90 Å². The Morgan fingerprint density at radius 2 is 1.97 bits per heavy atom. The molecule has 0 saturated carbocycles. The second-order valence-electron chi connectivity index (χ2n) is 6.76. The van der Waals surface area contributed by atoms with Crippen LogP contribution in [-0.4, -0.2) is 23.9 Å². The molecule has 0 fully saturated rings. The monoisotopic (exact) mass is 410 g/mol. The van der Waals surface area contributed by atoms with Gasteiger partial charge in [0.05, 0.1) is 25.6 Å². The normalized spacial score (nSPS) is 11.9. The highest BCUT2D eigenvalue weighted by molar-refractivity contribution is 7.80. The molecule has 0 spiro atoms. The lowest BCUT2D eigenvalue weighted by Gasteiger charge is -2.26. The molecule has 2 aromatic carbocycles. The van der Waals surface area contributed by atoms with Crippen LogP contribution in [0.15, 0.2) is 59.2 Å². The third kappa shape index (κ3) is 4.46. The largest absolute Gasteiger partial charge is 0.495 e. The van der Waals surface area contributed by atoms with Gasteiger partial charge < -0.3 is 28.8 Å². The van der Waals surface area contributed by atoms with E-state index in [1.807, 2.05) is 60.4 Å². The maximum Gasteiger partial charge on any atom is 0.231 e. The van der Waals surface area contributed by atoms with Crippen molar-refractivity contribution in [2.45, 2.75) is 20.0 Å². The minimum Gasteiger partial charge on any atom is -0.495 e. The number of thiocarbonyl (C=S) groups is 1. The number of anilines is 1. The third-order valence-corrected chi connectivity index (χ3v) is 4.98. The van der Waals surface area contributed by atoms with Gasteiger partial charge in [-0.15, -0.1) is 0 Å². The van der Waals surface area contributed by atoms with E-state index >= 15 is 0 Å². The van der Waals surface area contributed by atoms with Crippen molar-refractivity contribution in [2.75, 3.05) is 19.2 Å². The van der Waals surface area contributed by atoms with E-state index in [0.29, 0.717) is 18.2 Å². The molecular formula is C22H22N2O4S. The molecule has 0 unspecified atom stereocenters. The first-order valence-corrected chi connectivity index (χ1v) is 9.64. The van der Waals surface area contributed by atoms with E-state index in [2.05, 4.69) is 5.32 Å². The van der Waals surface area contributed by atoms with E-state index in [1.165, 1.54) is 0 Å². The highest BCUT2D eigenvalue weighted by Gasteiger charge is 2.18. The number of fused-ring (bicyclic) bond motifs is 1. The van der Waals surface area contributed by atoms with Crippen molar-refractivity contribution in [1.29, 1.82) is 0 Å². The molecule has 1 aromatic heterocycles. The van der Waals surface area contributed by atoms with Gasteiger partial charge >= 0.3 is 0 Å². The van der Waals surface area contributed by atoms with Gasteiger partial charge in [-0.05, 0) is 66.7 Å². The molecule has 2 heterocycles. The lowest BCUT2D eigenvalue weighted by molar-refractivity contribution is 0.174. The Kier molecular flexibility index (Phi) is 5.57. The zero-order valence-electron chi connectivity index (χ0n) is 16.3. The molecule has 1 N–H and O–H groups in total. The second-order valence-corrected chi connectivity index (χ2v) is 7.14. The molecule has 0 radical (unpaired) electrons. The van der Waals surface area contributed by atoms with E-state index in [9.17, 15) is 0 Å². The van der Waals surface area contributed by atoms with Crippen molar-refractivity contribution in [3.05, 3.63) is 71.7 Å². The summed E-state index contributed by atoms with van der Waals surface area (Å²) in [6.07, 6.45) is 1.66. The Morgan fingerprint density at radius 3 is 2.76 bits per heavy atom. The second kappa shape index (κ2) is 8.45. The molecular weight excluding hydrogens is 388 g/mol. The highest BCUT2D eigenvalue weighted by Crippen LogP contribution is 2.33. The topological polar surface area (TPSA) is 56.1 Å². The van der Waals surface area contributed by atoms with Crippen molar-refractivity contribution in [2.24, 2.45) is 0 Å². The molecule has 29 heavy (non-hydrogen) atoms. The number of nitrogens with one attached hydrogen (secondary N) is 1. The molecule has 0 saturated heterocycles. The van der Waals surface area contributed by atoms with Gasteiger partial charge in [-0.1, -0.05) is 12.1 Å². The van der Waals surface area contributed by atoms with Gasteiger partial charge in [0.2, 0.25) is 6.79 Å². The van der Waals surface area contributed by atoms with Gasteiger partial charge in [0.25, 0.3) is 0 Å². The number of aryl methyl sites for hydroxylation is 1. The van der Waals surface area contributed by atoms with E-state index < -0.39 is 0 Å². The molecule has 6 nitrogen and oxygen atoms in total. The summed E-state index contributed by atoms with van der Waals surface area (Å²) in [7, 11) is 1.65. The first-order chi connectivity index (χ1) is 14.1. The zero-order chi connectivity index (χ0) is 20.2. The lowest BCUT2D eigenvalue weighted by Crippen LogP contribution is -2.33. The number of hydrogen-bond acceptors (Lipinski definition) is 5.